The van der Waals surface area contributed by atoms with E-state index in [4.69, 9.17) is 15.9 Å². The molecule has 0 saturated carbocycles. The summed E-state index contributed by atoms with van der Waals surface area (Å²) in [6.07, 6.45) is 0. The molecule has 0 radical (unpaired) electrons. The van der Waals surface area contributed by atoms with Crippen molar-refractivity contribution < 1.29 is 9.21 Å². The first-order chi connectivity index (χ1) is 7.58. The number of carbonyl (C=O) groups is 1. The number of hydrogen-bond acceptors (Lipinski definition) is 3. The molecule has 0 spiro atoms. The van der Waals surface area contributed by atoms with Crippen molar-refractivity contribution in [1.82, 2.24) is 0 Å². The molecule has 0 fully saturated rings. The number of halogens is 1. The second-order valence-electron chi connectivity index (χ2n) is 3.26. The van der Waals surface area contributed by atoms with E-state index in [0.717, 1.165) is 10.0 Å². The second kappa shape index (κ2) is 4.02. The highest BCUT2D eigenvalue weighted by molar-refractivity contribution is 9.10. The molecule has 1 heterocycles. The van der Waals surface area contributed by atoms with E-state index in [-0.39, 0.29) is 5.76 Å². The van der Waals surface area contributed by atoms with Crippen LogP contribution in [0.5, 0.6) is 0 Å². The van der Waals surface area contributed by atoms with E-state index in [0.29, 0.717) is 11.4 Å². The minimum absolute atomic E-state index is 0.123. The zero-order chi connectivity index (χ0) is 11.7. The minimum atomic E-state index is -0.595. The fourth-order valence-corrected chi connectivity index (χ4v) is 1.75. The van der Waals surface area contributed by atoms with Gasteiger partial charge in [-0.3, -0.25) is 4.79 Å². The van der Waals surface area contributed by atoms with E-state index in [1.165, 1.54) is 6.07 Å². The highest BCUT2D eigenvalue weighted by Crippen LogP contribution is 2.29. The monoisotopic (exact) mass is 280 g/mol. The second-order valence-corrected chi connectivity index (χ2v) is 4.18. The lowest BCUT2D eigenvalue weighted by Gasteiger charge is -2.02. The Hall–Kier alpha value is -1.75. The summed E-state index contributed by atoms with van der Waals surface area (Å²) < 4.78 is 6.17. The highest BCUT2D eigenvalue weighted by atomic mass is 79.9. The molecule has 0 unspecified atom stereocenters. The molecule has 5 heteroatoms. The number of primary amides is 1. The normalized spacial score (nSPS) is 10.3. The van der Waals surface area contributed by atoms with Crippen LogP contribution in [0.1, 0.15) is 10.6 Å². The molecular weight excluding hydrogens is 272 g/mol. The number of amides is 1. The number of rotatable bonds is 2. The van der Waals surface area contributed by atoms with Crippen LogP contribution in [-0.4, -0.2) is 5.91 Å². The summed E-state index contributed by atoms with van der Waals surface area (Å²) in [7, 11) is 0. The molecule has 1 aromatic carbocycles. The number of nitrogens with two attached hydrogens (primary N) is 2. The first kappa shape index (κ1) is 10.8. The number of furan rings is 1. The van der Waals surface area contributed by atoms with Crippen molar-refractivity contribution in [2.45, 2.75) is 0 Å². The zero-order valence-electron chi connectivity index (χ0n) is 8.24. The van der Waals surface area contributed by atoms with E-state index in [2.05, 4.69) is 15.9 Å². The molecule has 2 rings (SSSR count). The Morgan fingerprint density at radius 1 is 1.25 bits per heavy atom. The Morgan fingerprint density at radius 2 is 2.00 bits per heavy atom. The molecule has 0 atom stereocenters. The van der Waals surface area contributed by atoms with Gasteiger partial charge in [-0.25, -0.2) is 0 Å². The average Bonchev–Trinajstić information content (AvgIpc) is 2.66. The van der Waals surface area contributed by atoms with Gasteiger partial charge in [0.25, 0.3) is 5.91 Å². The highest BCUT2D eigenvalue weighted by Gasteiger charge is 2.10. The van der Waals surface area contributed by atoms with Gasteiger partial charge in [-0.2, -0.15) is 0 Å². The van der Waals surface area contributed by atoms with Crippen LogP contribution in [0.4, 0.5) is 5.69 Å². The van der Waals surface area contributed by atoms with E-state index in [1.54, 1.807) is 12.1 Å². The molecule has 82 valence electrons. The lowest BCUT2D eigenvalue weighted by atomic mass is 10.1. The van der Waals surface area contributed by atoms with Crippen LogP contribution >= 0.6 is 15.9 Å². The average molecular weight is 281 g/mol. The Labute approximate surface area is 100 Å². The third-order valence-electron chi connectivity index (χ3n) is 2.13. The van der Waals surface area contributed by atoms with Crippen molar-refractivity contribution in [3.05, 3.63) is 40.6 Å². The van der Waals surface area contributed by atoms with Gasteiger partial charge < -0.3 is 15.9 Å². The summed E-state index contributed by atoms with van der Waals surface area (Å²) >= 11 is 3.31. The third-order valence-corrected chi connectivity index (χ3v) is 2.62. The Morgan fingerprint density at radius 3 is 2.56 bits per heavy atom. The van der Waals surface area contributed by atoms with Crippen LogP contribution < -0.4 is 11.5 Å². The van der Waals surface area contributed by atoms with Crippen LogP contribution in [-0.2, 0) is 0 Å². The molecular formula is C11H9BrN2O2. The molecule has 1 amide bonds. The smallest absolute Gasteiger partial charge is 0.284 e. The van der Waals surface area contributed by atoms with Crippen LogP contribution in [0.2, 0.25) is 0 Å². The van der Waals surface area contributed by atoms with Gasteiger partial charge in [-0.05, 0) is 30.3 Å². The van der Waals surface area contributed by atoms with Crippen molar-refractivity contribution in [3.63, 3.8) is 0 Å². The maximum Gasteiger partial charge on any atom is 0.284 e. The SMILES string of the molecule is NC(=O)c1ccc(-c2ccc(Br)cc2N)o1. The van der Waals surface area contributed by atoms with Gasteiger partial charge in [0, 0.05) is 15.7 Å². The number of anilines is 1. The number of nitrogen functional groups attached to an aromatic ring is 1. The quantitative estimate of drug-likeness (QED) is 0.829. The molecule has 1 aromatic heterocycles. The molecule has 0 aliphatic carbocycles. The molecule has 16 heavy (non-hydrogen) atoms. The molecule has 2 aromatic rings. The van der Waals surface area contributed by atoms with Gasteiger partial charge >= 0.3 is 0 Å². The predicted octanol–water partition coefficient (Wildman–Crippen LogP) is 2.39. The fourth-order valence-electron chi connectivity index (χ4n) is 1.37. The third kappa shape index (κ3) is 1.94. The van der Waals surface area contributed by atoms with E-state index < -0.39 is 5.91 Å². The first-order valence-corrected chi connectivity index (χ1v) is 5.32. The maximum atomic E-state index is 10.9. The molecule has 0 saturated heterocycles. The Bertz CT molecular complexity index is 549. The van der Waals surface area contributed by atoms with Gasteiger partial charge in [0.1, 0.15) is 5.76 Å². The van der Waals surface area contributed by atoms with Crippen molar-refractivity contribution in [1.29, 1.82) is 0 Å². The van der Waals surface area contributed by atoms with Gasteiger partial charge in [0.05, 0.1) is 0 Å². The van der Waals surface area contributed by atoms with E-state index in [9.17, 15) is 4.79 Å². The molecule has 0 aliphatic heterocycles. The van der Waals surface area contributed by atoms with Crippen LogP contribution in [0.3, 0.4) is 0 Å². The molecule has 0 bridgehead atoms. The minimum Gasteiger partial charge on any atom is -0.451 e. The summed E-state index contributed by atoms with van der Waals surface area (Å²) in [5, 5.41) is 0. The Kier molecular flexibility index (Phi) is 2.70. The lowest BCUT2D eigenvalue weighted by molar-refractivity contribution is 0.0974. The maximum absolute atomic E-state index is 10.9. The van der Waals surface area contributed by atoms with Crippen molar-refractivity contribution in [2.24, 2.45) is 5.73 Å². The number of carbonyl (C=O) groups excluding carboxylic acids is 1. The largest absolute Gasteiger partial charge is 0.451 e. The van der Waals surface area contributed by atoms with Gasteiger partial charge in [-0.1, -0.05) is 15.9 Å². The Balaban J connectivity index is 2.46. The lowest BCUT2D eigenvalue weighted by Crippen LogP contribution is -2.09. The topological polar surface area (TPSA) is 82.2 Å². The van der Waals surface area contributed by atoms with Gasteiger partial charge in [-0.15, -0.1) is 0 Å². The van der Waals surface area contributed by atoms with Crippen molar-refractivity contribution >= 4 is 27.5 Å². The molecule has 0 aliphatic rings. The van der Waals surface area contributed by atoms with Crippen LogP contribution in [0.25, 0.3) is 11.3 Å². The van der Waals surface area contributed by atoms with Crippen molar-refractivity contribution in [2.75, 3.05) is 5.73 Å². The molecule has 4 nitrogen and oxygen atoms in total. The zero-order valence-corrected chi connectivity index (χ0v) is 9.82. The van der Waals surface area contributed by atoms with Crippen molar-refractivity contribution in [3.8, 4) is 11.3 Å². The van der Waals surface area contributed by atoms with Gasteiger partial charge in [0.2, 0.25) is 0 Å². The summed E-state index contributed by atoms with van der Waals surface area (Å²) in [6.45, 7) is 0. The summed E-state index contributed by atoms with van der Waals surface area (Å²) in [4.78, 5) is 10.9. The van der Waals surface area contributed by atoms with E-state index >= 15 is 0 Å². The van der Waals surface area contributed by atoms with Crippen LogP contribution in [0, 0.1) is 0 Å². The molecule has 4 N–H and O–H groups in total. The predicted molar refractivity (Wildman–Crippen MR) is 64.8 cm³/mol. The summed E-state index contributed by atoms with van der Waals surface area (Å²) in [6, 6.07) is 8.61. The van der Waals surface area contributed by atoms with Crippen LogP contribution in [0.15, 0.2) is 39.2 Å². The fraction of sp³-hybridized carbons (Fsp3) is 0. The van der Waals surface area contributed by atoms with E-state index in [1.807, 2.05) is 12.1 Å². The number of hydrogen-bond donors (Lipinski definition) is 2. The summed E-state index contributed by atoms with van der Waals surface area (Å²) in [5.74, 6) is 0.0538. The number of benzene rings is 1. The summed E-state index contributed by atoms with van der Waals surface area (Å²) in [5.41, 5.74) is 12.2. The standard InChI is InChI=1S/C11H9BrN2O2/c12-6-1-2-7(8(13)5-6)9-3-4-10(16-9)11(14)15/h1-5H,13H2,(H2,14,15). The van der Waals surface area contributed by atoms with Gasteiger partial charge in [0.15, 0.2) is 5.76 Å². The first-order valence-electron chi connectivity index (χ1n) is 4.53.